The van der Waals surface area contributed by atoms with Gasteiger partial charge in [0.1, 0.15) is 116 Å². The zero-order valence-electron chi connectivity index (χ0n) is 29.1. The van der Waals surface area contributed by atoms with Gasteiger partial charge in [0.2, 0.25) is 0 Å². The SMILES string of the molecule is C[C@@H]1O[C@@H](O[C@H]2[C@H](O)[C@@H](O)[C@H](O[C@H]3[C@H](O[C@@H]4[C@H](O)[C@@H](O)[C@H](O)O[C@@H]4CO)O[C@H](CO)[C@@H](O)[C@@H]3O[C@@H]3O[C@H](CO)[C@@H](O)[C@H](O)[C@H]3O)O[C@@H]2CO)[C@H](O)[C@H](O)[C@H]1O. The molecule has 0 aromatic heterocycles. The van der Waals surface area contributed by atoms with Crippen molar-refractivity contribution in [2.45, 2.75) is 160 Å². The smallest absolute Gasteiger partial charge is 0.187 e. The molecule has 55 heavy (non-hydrogen) atoms. The Morgan fingerprint density at radius 3 is 1.27 bits per heavy atom. The quantitative estimate of drug-likeness (QED) is 0.0870. The van der Waals surface area contributed by atoms with E-state index < -0.39 is 180 Å². The van der Waals surface area contributed by atoms with Crippen molar-refractivity contribution in [3.8, 4) is 0 Å². The predicted octanol–water partition coefficient (Wildman–Crippen LogP) is -10.9. The minimum Gasteiger partial charge on any atom is -0.394 e. The minimum absolute atomic E-state index is 0.893. The zero-order chi connectivity index (χ0) is 40.6. The molecule has 5 heterocycles. The number of aliphatic hydroxyl groups excluding tert-OH is 16. The Kier molecular flexibility index (Phi) is 15.5. The molecular weight excluding hydrogens is 760 g/mol. The van der Waals surface area contributed by atoms with E-state index in [9.17, 15) is 81.7 Å². The molecule has 25 nitrogen and oxygen atoms in total. The van der Waals surface area contributed by atoms with Crippen LogP contribution in [0.4, 0.5) is 0 Å². The summed E-state index contributed by atoms with van der Waals surface area (Å²) >= 11 is 0. The lowest BCUT2D eigenvalue weighted by Gasteiger charge is -2.51. The third-order valence-corrected chi connectivity index (χ3v) is 10.3. The molecular formula is C30H52O25. The van der Waals surface area contributed by atoms with Gasteiger partial charge in [-0.25, -0.2) is 0 Å². The van der Waals surface area contributed by atoms with Crippen molar-refractivity contribution in [3.05, 3.63) is 0 Å². The highest BCUT2D eigenvalue weighted by molar-refractivity contribution is 4.99. The van der Waals surface area contributed by atoms with Gasteiger partial charge in [0.25, 0.3) is 0 Å². The molecule has 0 saturated carbocycles. The summed E-state index contributed by atoms with van der Waals surface area (Å²) in [6.07, 6.45) is -46.1. The van der Waals surface area contributed by atoms with Gasteiger partial charge in [0, 0.05) is 0 Å². The summed E-state index contributed by atoms with van der Waals surface area (Å²) < 4.78 is 50.5. The van der Waals surface area contributed by atoms with Crippen LogP contribution < -0.4 is 0 Å². The molecule has 5 aliphatic heterocycles. The van der Waals surface area contributed by atoms with Crippen LogP contribution in [0.5, 0.6) is 0 Å². The molecule has 0 bridgehead atoms. The van der Waals surface area contributed by atoms with Crippen LogP contribution in [0.1, 0.15) is 6.92 Å². The average Bonchev–Trinajstić information content (AvgIpc) is 3.17. The van der Waals surface area contributed by atoms with Crippen molar-refractivity contribution in [1.82, 2.24) is 0 Å². The summed E-state index contributed by atoms with van der Waals surface area (Å²) in [5, 5.41) is 167. The summed E-state index contributed by atoms with van der Waals surface area (Å²) in [6, 6.07) is 0. The summed E-state index contributed by atoms with van der Waals surface area (Å²) in [5.74, 6) is 0. The van der Waals surface area contributed by atoms with Crippen molar-refractivity contribution < 1.29 is 124 Å². The second-order valence-electron chi connectivity index (χ2n) is 13.9. The number of ether oxygens (including phenoxy) is 9. The van der Waals surface area contributed by atoms with Gasteiger partial charge in [-0.1, -0.05) is 0 Å². The predicted molar refractivity (Wildman–Crippen MR) is 165 cm³/mol. The van der Waals surface area contributed by atoms with Crippen LogP contribution in [0, 0.1) is 0 Å². The van der Waals surface area contributed by atoms with Crippen molar-refractivity contribution >= 4 is 0 Å². The fourth-order valence-corrected chi connectivity index (χ4v) is 6.94. The molecule has 0 spiro atoms. The maximum atomic E-state index is 11.3. The van der Waals surface area contributed by atoms with Crippen molar-refractivity contribution in [3.63, 3.8) is 0 Å². The Bertz CT molecular complexity index is 1190. The molecule has 5 aliphatic rings. The Morgan fingerprint density at radius 1 is 0.327 bits per heavy atom. The van der Waals surface area contributed by atoms with Gasteiger partial charge in [-0.05, 0) is 6.92 Å². The van der Waals surface area contributed by atoms with Crippen molar-refractivity contribution in [2.75, 3.05) is 26.4 Å². The highest BCUT2D eigenvalue weighted by atomic mass is 16.8. The fourth-order valence-electron chi connectivity index (χ4n) is 6.94. The first-order valence-electron chi connectivity index (χ1n) is 17.5. The first-order valence-corrected chi connectivity index (χ1v) is 17.5. The normalized spacial score (nSPS) is 53.9. The van der Waals surface area contributed by atoms with E-state index in [2.05, 4.69) is 0 Å². The van der Waals surface area contributed by atoms with Gasteiger partial charge in [-0.2, -0.15) is 0 Å². The van der Waals surface area contributed by atoms with E-state index in [-0.39, 0.29) is 0 Å². The molecule has 0 amide bonds. The molecule has 0 aliphatic carbocycles. The molecule has 0 aromatic rings. The molecule has 0 unspecified atom stereocenters. The molecule has 25 heteroatoms. The summed E-state index contributed by atoms with van der Waals surface area (Å²) in [5.41, 5.74) is 0. The number of hydrogen-bond donors (Lipinski definition) is 16. The van der Waals surface area contributed by atoms with Crippen LogP contribution in [-0.4, -0.2) is 262 Å². The Labute approximate surface area is 311 Å². The van der Waals surface area contributed by atoms with Crippen LogP contribution in [0.3, 0.4) is 0 Å². The van der Waals surface area contributed by atoms with Gasteiger partial charge in [0.05, 0.1) is 32.5 Å². The second kappa shape index (κ2) is 18.9. The third kappa shape index (κ3) is 9.11. The van der Waals surface area contributed by atoms with Crippen LogP contribution in [-0.2, 0) is 42.6 Å². The molecule has 16 N–H and O–H groups in total. The lowest BCUT2D eigenvalue weighted by Crippen LogP contribution is -2.69. The van der Waals surface area contributed by atoms with Crippen molar-refractivity contribution in [2.24, 2.45) is 0 Å². The lowest BCUT2D eigenvalue weighted by atomic mass is 9.95. The molecule has 0 aromatic carbocycles. The summed E-state index contributed by atoms with van der Waals surface area (Å²) in [6.45, 7) is -2.42. The number of rotatable bonds is 12. The third-order valence-electron chi connectivity index (χ3n) is 10.3. The maximum Gasteiger partial charge on any atom is 0.187 e. The van der Waals surface area contributed by atoms with E-state index in [1.807, 2.05) is 0 Å². The summed E-state index contributed by atoms with van der Waals surface area (Å²) in [7, 11) is 0. The van der Waals surface area contributed by atoms with E-state index in [4.69, 9.17) is 42.6 Å². The van der Waals surface area contributed by atoms with E-state index in [0.29, 0.717) is 0 Å². The fraction of sp³-hybridized carbons (Fsp3) is 1.00. The number of aliphatic hydroxyl groups is 16. The first kappa shape index (κ1) is 45.1. The van der Waals surface area contributed by atoms with Crippen molar-refractivity contribution in [1.29, 1.82) is 0 Å². The average molecular weight is 813 g/mol. The lowest BCUT2D eigenvalue weighted by molar-refractivity contribution is -0.409. The largest absolute Gasteiger partial charge is 0.394 e. The van der Waals surface area contributed by atoms with Gasteiger partial charge < -0.3 is 124 Å². The van der Waals surface area contributed by atoms with Crippen LogP contribution >= 0.6 is 0 Å². The van der Waals surface area contributed by atoms with Gasteiger partial charge >= 0.3 is 0 Å². The van der Waals surface area contributed by atoms with E-state index >= 15 is 0 Å². The maximum absolute atomic E-state index is 11.3. The molecule has 5 saturated heterocycles. The first-order chi connectivity index (χ1) is 26.0. The topological polar surface area (TPSA) is 407 Å². The van der Waals surface area contributed by atoms with Gasteiger partial charge in [-0.15, -0.1) is 0 Å². The molecule has 25 atom stereocenters. The van der Waals surface area contributed by atoms with E-state index in [0.717, 1.165) is 0 Å². The second-order valence-corrected chi connectivity index (χ2v) is 13.9. The Morgan fingerprint density at radius 2 is 0.709 bits per heavy atom. The van der Waals surface area contributed by atoms with Gasteiger partial charge in [0.15, 0.2) is 31.5 Å². The highest BCUT2D eigenvalue weighted by Gasteiger charge is 2.57. The highest BCUT2D eigenvalue weighted by Crippen LogP contribution is 2.37. The van der Waals surface area contributed by atoms with Crippen LogP contribution in [0.25, 0.3) is 0 Å². The Balaban J connectivity index is 1.46. The molecule has 322 valence electrons. The minimum atomic E-state index is -2.17. The molecule has 0 radical (unpaired) electrons. The van der Waals surface area contributed by atoms with E-state index in [1.54, 1.807) is 0 Å². The standard InChI is InChI=1S/C30H52O25/c1-6-11(35)14(38)19(43)27(47-6)52-23-10(5-34)51-29(21(45)17(23)41)55-25-24(54-28-20(44)15(39)12(36)7(2-31)49-28)13(37)8(3-32)50-30(25)53-22-9(4-33)48-26(46)18(42)16(22)40/h6-46H,2-5H2,1H3/t6-,7+,8+,9+,10+,11-,12+,13+,14+,15-,16+,17+,18+,19+,20+,21+,22-,23+,24-,25+,26+,27-,28-,29-,30-/m0/s1. The van der Waals surface area contributed by atoms with E-state index in [1.165, 1.54) is 6.92 Å². The van der Waals surface area contributed by atoms with Crippen LogP contribution in [0.15, 0.2) is 0 Å². The Hall–Kier alpha value is -1.00. The summed E-state index contributed by atoms with van der Waals surface area (Å²) in [4.78, 5) is 0. The molecule has 5 rings (SSSR count). The monoisotopic (exact) mass is 812 g/mol. The zero-order valence-corrected chi connectivity index (χ0v) is 29.1. The van der Waals surface area contributed by atoms with Gasteiger partial charge in [-0.3, -0.25) is 0 Å². The van der Waals surface area contributed by atoms with Crippen LogP contribution in [0.2, 0.25) is 0 Å². The number of hydrogen-bond acceptors (Lipinski definition) is 25. The molecule has 5 fully saturated rings.